The number of aromatic nitrogens is 3. The van der Waals surface area contributed by atoms with Crippen molar-refractivity contribution in [1.82, 2.24) is 15.0 Å². The second-order valence-corrected chi connectivity index (χ2v) is 7.53. The van der Waals surface area contributed by atoms with Crippen LogP contribution in [-0.2, 0) is 11.3 Å². The minimum absolute atomic E-state index is 0.116. The lowest BCUT2D eigenvalue weighted by Gasteiger charge is -2.14. The van der Waals surface area contributed by atoms with Gasteiger partial charge in [-0.2, -0.15) is 0 Å². The highest BCUT2D eigenvalue weighted by Crippen LogP contribution is 2.27. The van der Waals surface area contributed by atoms with Crippen LogP contribution in [0.5, 0.6) is 0 Å². The van der Waals surface area contributed by atoms with Crippen LogP contribution in [0.1, 0.15) is 32.7 Å². The molecule has 0 amide bonds. The normalized spacial score (nSPS) is 12.0. The molecule has 1 unspecified atom stereocenters. The number of nitrogens with one attached hydrogen (secondary N) is 1. The Kier molecular flexibility index (Phi) is 5.97. The molecule has 0 aliphatic rings. The van der Waals surface area contributed by atoms with Crippen LogP contribution in [0, 0.1) is 5.82 Å². The summed E-state index contributed by atoms with van der Waals surface area (Å²) < 4.78 is 19.2. The van der Waals surface area contributed by atoms with Crippen LogP contribution in [0.4, 0.5) is 4.39 Å². The molecule has 2 N–H and O–H groups in total. The predicted octanol–water partition coefficient (Wildman–Crippen LogP) is 4.72. The Bertz CT molecular complexity index is 1080. The number of carboxylic acids is 1. The first-order valence-corrected chi connectivity index (χ1v) is 10.1. The van der Waals surface area contributed by atoms with Crippen LogP contribution in [0.25, 0.3) is 11.1 Å². The van der Waals surface area contributed by atoms with Gasteiger partial charge in [0.25, 0.3) is 0 Å². The Labute approximate surface area is 176 Å². The highest BCUT2D eigenvalue weighted by atomic mass is 32.1. The van der Waals surface area contributed by atoms with Gasteiger partial charge in [-0.15, -0.1) is 11.3 Å². The lowest BCUT2D eigenvalue weighted by atomic mass is 9.97. The fourth-order valence-electron chi connectivity index (χ4n) is 3.17. The number of aromatic carboxylic acids is 1. The van der Waals surface area contributed by atoms with E-state index in [1.165, 1.54) is 23.5 Å². The summed E-state index contributed by atoms with van der Waals surface area (Å²) in [7, 11) is 0. The Morgan fingerprint density at radius 2 is 2.00 bits per heavy atom. The number of halogens is 1. The summed E-state index contributed by atoms with van der Waals surface area (Å²) in [4.78, 5) is 23.4. The maximum absolute atomic E-state index is 13.3. The van der Waals surface area contributed by atoms with Gasteiger partial charge >= 0.3 is 5.97 Å². The minimum atomic E-state index is -1.04. The monoisotopic (exact) mass is 423 g/mol. The third kappa shape index (κ3) is 4.45. The van der Waals surface area contributed by atoms with Gasteiger partial charge in [0.15, 0.2) is 0 Å². The first-order chi connectivity index (χ1) is 14.6. The molecular weight excluding hydrogens is 405 g/mol. The smallest absolute Gasteiger partial charge is 0.336 e. The molecule has 0 fully saturated rings. The molecule has 2 aromatic carbocycles. The van der Waals surface area contributed by atoms with Gasteiger partial charge in [0, 0.05) is 24.0 Å². The second kappa shape index (κ2) is 8.98. The molecular formula is C22H18FN3O3S. The molecule has 2 heterocycles. The summed E-state index contributed by atoms with van der Waals surface area (Å²) in [5, 5.41) is 12.3. The number of rotatable bonds is 8. The van der Waals surface area contributed by atoms with Crippen LogP contribution in [0.15, 0.2) is 66.4 Å². The maximum Gasteiger partial charge on any atom is 0.336 e. The molecule has 0 radical (unpaired) electrons. The summed E-state index contributed by atoms with van der Waals surface area (Å²) in [5.74, 6) is -0.752. The summed E-state index contributed by atoms with van der Waals surface area (Å²) >= 11 is 1.53. The molecule has 0 bridgehead atoms. The van der Waals surface area contributed by atoms with E-state index in [2.05, 4.69) is 15.0 Å². The Morgan fingerprint density at radius 3 is 2.67 bits per heavy atom. The highest BCUT2D eigenvalue weighted by Gasteiger charge is 2.20. The topological polar surface area (TPSA) is 88.1 Å². The molecule has 30 heavy (non-hydrogen) atoms. The van der Waals surface area contributed by atoms with Crippen molar-refractivity contribution in [3.63, 3.8) is 0 Å². The zero-order valence-corrected chi connectivity index (χ0v) is 16.6. The molecule has 0 spiro atoms. The third-order valence-electron chi connectivity index (χ3n) is 4.62. The number of nitrogens with zero attached hydrogens (tertiary/aromatic N) is 2. The summed E-state index contributed by atoms with van der Waals surface area (Å²) in [5.41, 5.74) is 2.12. The fraction of sp³-hybridized carbons (Fsp3) is 0.136. The van der Waals surface area contributed by atoms with Crippen molar-refractivity contribution in [2.24, 2.45) is 0 Å². The van der Waals surface area contributed by atoms with Crippen molar-refractivity contribution in [2.75, 3.05) is 6.61 Å². The van der Waals surface area contributed by atoms with Gasteiger partial charge in [0.05, 0.1) is 24.7 Å². The van der Waals surface area contributed by atoms with E-state index in [1.807, 2.05) is 5.38 Å². The van der Waals surface area contributed by atoms with Gasteiger partial charge in [0.1, 0.15) is 16.6 Å². The quantitative estimate of drug-likeness (QED) is 0.428. The van der Waals surface area contributed by atoms with Crippen LogP contribution in [0.3, 0.4) is 0 Å². The lowest BCUT2D eigenvalue weighted by Crippen LogP contribution is -2.11. The van der Waals surface area contributed by atoms with Crippen LogP contribution in [-0.4, -0.2) is 32.6 Å². The van der Waals surface area contributed by atoms with E-state index in [4.69, 9.17) is 4.74 Å². The second-order valence-electron chi connectivity index (χ2n) is 6.60. The Balaban J connectivity index is 1.52. The van der Waals surface area contributed by atoms with Crippen molar-refractivity contribution in [2.45, 2.75) is 12.5 Å². The van der Waals surface area contributed by atoms with Gasteiger partial charge < -0.3 is 14.8 Å². The third-order valence-corrected chi connectivity index (χ3v) is 5.51. The molecule has 0 aliphatic carbocycles. The van der Waals surface area contributed by atoms with Crippen LogP contribution in [0.2, 0.25) is 0 Å². The Morgan fingerprint density at radius 1 is 1.17 bits per heavy atom. The van der Waals surface area contributed by atoms with E-state index < -0.39 is 5.97 Å². The Hall–Kier alpha value is -3.36. The number of ether oxygens (including phenoxy) is 1. The van der Waals surface area contributed by atoms with Gasteiger partial charge in [-0.05, 0) is 41.0 Å². The number of benzene rings is 2. The van der Waals surface area contributed by atoms with Crippen LogP contribution < -0.4 is 0 Å². The standard InChI is InChI=1S/C22H18FN3O3S/c23-16-4-2-15(3-5-16)18-11-14(1-6-17(18)22(27)28)12-29-13-19(20-24-7-8-25-20)21-26-9-10-30-21/h1-11,19H,12-13H2,(H,24,25)(H,27,28). The zero-order chi connectivity index (χ0) is 20.9. The number of aromatic amines is 1. The first-order valence-electron chi connectivity index (χ1n) is 9.20. The average molecular weight is 423 g/mol. The molecule has 0 saturated carbocycles. The molecule has 1 atom stereocenters. The van der Waals surface area contributed by atoms with E-state index in [1.54, 1.807) is 48.9 Å². The van der Waals surface area contributed by atoms with Crippen molar-refractivity contribution in [3.05, 3.63) is 94.2 Å². The van der Waals surface area contributed by atoms with Crippen molar-refractivity contribution in [1.29, 1.82) is 0 Å². The van der Waals surface area contributed by atoms with Gasteiger partial charge in [-0.3, -0.25) is 0 Å². The molecule has 4 rings (SSSR count). The number of hydrogen-bond acceptors (Lipinski definition) is 5. The van der Waals surface area contributed by atoms with Crippen molar-refractivity contribution in [3.8, 4) is 11.1 Å². The van der Waals surface area contributed by atoms with E-state index in [9.17, 15) is 14.3 Å². The number of thiazole rings is 1. The molecule has 0 aliphatic heterocycles. The molecule has 0 saturated heterocycles. The average Bonchev–Trinajstić information content (AvgIpc) is 3.46. The lowest BCUT2D eigenvalue weighted by molar-refractivity contribution is 0.0697. The van der Waals surface area contributed by atoms with E-state index in [-0.39, 0.29) is 23.9 Å². The molecule has 8 heteroatoms. The van der Waals surface area contributed by atoms with Crippen LogP contribution >= 0.6 is 11.3 Å². The van der Waals surface area contributed by atoms with E-state index >= 15 is 0 Å². The first kappa shape index (κ1) is 19.9. The number of imidazole rings is 1. The van der Waals surface area contributed by atoms with Crippen molar-refractivity contribution < 1.29 is 19.0 Å². The van der Waals surface area contributed by atoms with Gasteiger partial charge in [-0.25, -0.2) is 19.2 Å². The van der Waals surface area contributed by atoms with Crippen molar-refractivity contribution >= 4 is 17.3 Å². The highest BCUT2D eigenvalue weighted by molar-refractivity contribution is 7.09. The van der Waals surface area contributed by atoms with Gasteiger partial charge in [-0.1, -0.05) is 18.2 Å². The molecule has 4 aromatic rings. The zero-order valence-electron chi connectivity index (χ0n) is 15.8. The van der Waals surface area contributed by atoms with Gasteiger partial charge in [0.2, 0.25) is 0 Å². The summed E-state index contributed by atoms with van der Waals surface area (Å²) in [6.07, 6.45) is 5.20. The van der Waals surface area contributed by atoms with E-state index in [0.717, 1.165) is 16.4 Å². The minimum Gasteiger partial charge on any atom is -0.478 e. The predicted molar refractivity (Wildman–Crippen MR) is 111 cm³/mol. The SMILES string of the molecule is O=C(O)c1ccc(COCC(c2ncc[nH]2)c2nccs2)cc1-c1ccc(F)cc1. The number of hydrogen-bond donors (Lipinski definition) is 2. The largest absolute Gasteiger partial charge is 0.478 e. The fourth-order valence-corrected chi connectivity index (χ4v) is 3.90. The number of carbonyl (C=O) groups is 1. The van der Waals surface area contributed by atoms with E-state index in [0.29, 0.717) is 17.7 Å². The number of H-pyrrole nitrogens is 1. The summed E-state index contributed by atoms with van der Waals surface area (Å²) in [6, 6.07) is 10.8. The number of carboxylic acid groups (broad SMARTS) is 1. The molecule has 6 nitrogen and oxygen atoms in total. The summed E-state index contributed by atoms with van der Waals surface area (Å²) in [6.45, 7) is 0.657. The molecule has 2 aromatic heterocycles. The maximum atomic E-state index is 13.3. The molecule has 152 valence electrons.